The van der Waals surface area contributed by atoms with Crippen molar-refractivity contribution in [3.8, 4) is 28.8 Å². The smallest absolute Gasteiger partial charge is 0.434 e. The fourth-order valence-electron chi connectivity index (χ4n) is 2.61. The highest BCUT2D eigenvalue weighted by Gasteiger charge is 2.15. The van der Waals surface area contributed by atoms with E-state index in [1.54, 1.807) is 25.5 Å². The monoisotopic (exact) mass is 360 g/mol. The van der Waals surface area contributed by atoms with E-state index < -0.39 is 6.16 Å². The highest BCUT2D eigenvalue weighted by atomic mass is 16.7. The lowest BCUT2D eigenvalue weighted by atomic mass is 10.0. The molecule has 3 rings (SSSR count). The van der Waals surface area contributed by atoms with E-state index in [0.717, 1.165) is 16.7 Å². The summed E-state index contributed by atoms with van der Waals surface area (Å²) in [5.74, 6) is 6.96. The van der Waals surface area contributed by atoms with Crippen molar-refractivity contribution in [2.75, 3.05) is 6.61 Å². The molecule has 5 heteroatoms. The van der Waals surface area contributed by atoms with Crippen LogP contribution in [-0.4, -0.2) is 22.3 Å². The Morgan fingerprint density at radius 3 is 2.37 bits per heavy atom. The summed E-state index contributed by atoms with van der Waals surface area (Å²) in [4.78, 5) is 15.9. The third-order valence-electron chi connectivity index (χ3n) is 3.96. The first kappa shape index (κ1) is 18.3. The van der Waals surface area contributed by atoms with Crippen molar-refractivity contribution in [1.82, 2.24) is 9.55 Å². The SMILES string of the molecule is CCOC(=O)Oc1c(C)nc(C#Cc2ccc(-c3ccccc3)cc2)n1C. The molecule has 1 aromatic heterocycles. The Balaban J connectivity index is 1.79. The number of nitrogens with zero attached hydrogens (tertiary/aromatic N) is 2. The second-order valence-corrected chi connectivity index (χ2v) is 5.86. The molecular weight excluding hydrogens is 340 g/mol. The van der Waals surface area contributed by atoms with Crippen LogP contribution in [0.4, 0.5) is 4.79 Å². The summed E-state index contributed by atoms with van der Waals surface area (Å²) in [6, 6.07) is 18.2. The van der Waals surface area contributed by atoms with Crippen LogP contribution in [0.1, 0.15) is 24.0 Å². The second-order valence-electron chi connectivity index (χ2n) is 5.86. The molecule has 0 radical (unpaired) electrons. The summed E-state index contributed by atoms with van der Waals surface area (Å²) in [5.41, 5.74) is 3.76. The Bertz CT molecular complexity index is 994. The summed E-state index contributed by atoms with van der Waals surface area (Å²) in [6.07, 6.45) is -0.750. The molecule has 2 aromatic carbocycles. The van der Waals surface area contributed by atoms with Gasteiger partial charge < -0.3 is 9.47 Å². The highest BCUT2D eigenvalue weighted by molar-refractivity contribution is 5.65. The Labute approximate surface area is 158 Å². The molecule has 0 spiro atoms. The molecule has 0 aliphatic rings. The zero-order valence-electron chi connectivity index (χ0n) is 15.5. The second kappa shape index (κ2) is 8.24. The number of carbonyl (C=O) groups excluding carboxylic acids is 1. The minimum Gasteiger partial charge on any atom is -0.434 e. The molecule has 0 saturated heterocycles. The van der Waals surface area contributed by atoms with Crippen LogP contribution in [0.2, 0.25) is 0 Å². The van der Waals surface area contributed by atoms with Crippen LogP contribution >= 0.6 is 0 Å². The lowest BCUT2D eigenvalue weighted by molar-refractivity contribution is 0.101. The van der Waals surface area contributed by atoms with E-state index in [9.17, 15) is 4.79 Å². The largest absolute Gasteiger partial charge is 0.515 e. The molecule has 3 aromatic rings. The van der Waals surface area contributed by atoms with Gasteiger partial charge in [-0.2, -0.15) is 0 Å². The zero-order chi connectivity index (χ0) is 19.2. The van der Waals surface area contributed by atoms with Crippen LogP contribution in [0, 0.1) is 18.8 Å². The van der Waals surface area contributed by atoms with E-state index in [4.69, 9.17) is 9.47 Å². The van der Waals surface area contributed by atoms with Gasteiger partial charge in [0.1, 0.15) is 5.69 Å². The Hall–Kier alpha value is -3.52. The number of ether oxygens (including phenoxy) is 2. The molecule has 1 heterocycles. The molecule has 27 heavy (non-hydrogen) atoms. The normalized spacial score (nSPS) is 10.0. The molecule has 0 bridgehead atoms. The quantitative estimate of drug-likeness (QED) is 0.515. The van der Waals surface area contributed by atoms with Crippen LogP contribution in [0.15, 0.2) is 54.6 Å². The van der Waals surface area contributed by atoms with Crippen molar-refractivity contribution in [3.05, 3.63) is 71.7 Å². The molecule has 0 unspecified atom stereocenters. The average Bonchev–Trinajstić information content (AvgIpc) is 2.95. The van der Waals surface area contributed by atoms with E-state index in [0.29, 0.717) is 17.4 Å². The molecule has 5 nitrogen and oxygen atoms in total. The highest BCUT2D eigenvalue weighted by Crippen LogP contribution is 2.20. The lowest BCUT2D eigenvalue weighted by Gasteiger charge is -2.05. The van der Waals surface area contributed by atoms with Crippen molar-refractivity contribution < 1.29 is 14.3 Å². The number of imidazole rings is 1. The summed E-state index contributed by atoms with van der Waals surface area (Å²) < 4.78 is 11.6. The maximum absolute atomic E-state index is 11.5. The summed E-state index contributed by atoms with van der Waals surface area (Å²) in [6.45, 7) is 3.73. The number of carbonyl (C=O) groups is 1. The molecule has 0 N–H and O–H groups in total. The van der Waals surface area contributed by atoms with E-state index in [2.05, 4.69) is 29.0 Å². The standard InChI is InChI=1S/C22H20N2O3/c1-4-26-22(25)27-21-16(2)23-20(24(21)3)15-12-17-10-13-19(14-11-17)18-8-6-5-7-9-18/h5-11,13-14H,4H2,1-3H3. The third-order valence-corrected chi connectivity index (χ3v) is 3.96. The van der Waals surface area contributed by atoms with Crippen LogP contribution in [0.3, 0.4) is 0 Å². The van der Waals surface area contributed by atoms with Gasteiger partial charge >= 0.3 is 6.16 Å². The van der Waals surface area contributed by atoms with Gasteiger partial charge in [0.15, 0.2) is 5.82 Å². The van der Waals surface area contributed by atoms with Crippen LogP contribution in [-0.2, 0) is 11.8 Å². The third kappa shape index (κ3) is 4.36. The molecule has 0 saturated carbocycles. The molecular formula is C22H20N2O3. The van der Waals surface area contributed by atoms with Gasteiger partial charge in [0, 0.05) is 12.6 Å². The Morgan fingerprint density at radius 1 is 1.04 bits per heavy atom. The summed E-state index contributed by atoms with van der Waals surface area (Å²) >= 11 is 0. The number of rotatable bonds is 3. The van der Waals surface area contributed by atoms with Crippen LogP contribution < -0.4 is 4.74 Å². The molecule has 136 valence electrons. The minimum absolute atomic E-state index is 0.251. The van der Waals surface area contributed by atoms with E-state index in [-0.39, 0.29) is 6.61 Å². The van der Waals surface area contributed by atoms with Crippen molar-refractivity contribution in [3.63, 3.8) is 0 Å². The van der Waals surface area contributed by atoms with Crippen molar-refractivity contribution >= 4 is 6.16 Å². The molecule has 0 aliphatic heterocycles. The lowest BCUT2D eigenvalue weighted by Crippen LogP contribution is -2.13. The van der Waals surface area contributed by atoms with Crippen molar-refractivity contribution in [1.29, 1.82) is 0 Å². The number of aryl methyl sites for hydroxylation is 1. The number of aromatic nitrogens is 2. The molecule has 0 aliphatic carbocycles. The van der Waals surface area contributed by atoms with E-state index in [1.807, 2.05) is 42.5 Å². The van der Waals surface area contributed by atoms with E-state index in [1.165, 1.54) is 0 Å². The Morgan fingerprint density at radius 2 is 1.70 bits per heavy atom. The van der Waals surface area contributed by atoms with Gasteiger partial charge in [0.25, 0.3) is 0 Å². The van der Waals surface area contributed by atoms with Crippen LogP contribution in [0.25, 0.3) is 11.1 Å². The number of hydrogen-bond donors (Lipinski definition) is 0. The minimum atomic E-state index is -0.750. The first-order valence-corrected chi connectivity index (χ1v) is 8.64. The van der Waals surface area contributed by atoms with Gasteiger partial charge in [-0.25, -0.2) is 9.78 Å². The topological polar surface area (TPSA) is 53.4 Å². The van der Waals surface area contributed by atoms with Crippen molar-refractivity contribution in [2.24, 2.45) is 7.05 Å². The van der Waals surface area contributed by atoms with Gasteiger partial charge in [0.05, 0.1) is 6.61 Å². The predicted molar refractivity (Wildman–Crippen MR) is 103 cm³/mol. The molecule has 0 atom stereocenters. The predicted octanol–water partition coefficient (Wildman–Crippen LogP) is 4.33. The van der Waals surface area contributed by atoms with Crippen molar-refractivity contribution in [2.45, 2.75) is 13.8 Å². The molecule has 0 fully saturated rings. The van der Waals surface area contributed by atoms with Gasteiger partial charge in [-0.05, 0) is 43.0 Å². The first-order chi connectivity index (χ1) is 13.1. The van der Waals surface area contributed by atoms with E-state index >= 15 is 0 Å². The fraction of sp³-hybridized carbons (Fsp3) is 0.182. The van der Waals surface area contributed by atoms with Gasteiger partial charge in [0.2, 0.25) is 5.88 Å². The van der Waals surface area contributed by atoms with Gasteiger partial charge in [-0.15, -0.1) is 0 Å². The van der Waals surface area contributed by atoms with Crippen LogP contribution in [0.5, 0.6) is 5.88 Å². The fourth-order valence-corrected chi connectivity index (χ4v) is 2.61. The van der Waals surface area contributed by atoms with Gasteiger partial charge in [-0.1, -0.05) is 48.4 Å². The summed E-state index contributed by atoms with van der Waals surface area (Å²) in [5, 5.41) is 0. The maximum Gasteiger partial charge on any atom is 0.515 e. The van der Waals surface area contributed by atoms with Gasteiger partial charge in [-0.3, -0.25) is 4.57 Å². The number of benzene rings is 2. The average molecular weight is 360 g/mol. The Kier molecular flexibility index (Phi) is 5.58. The maximum atomic E-state index is 11.5. The zero-order valence-corrected chi connectivity index (χ0v) is 15.5. The first-order valence-electron chi connectivity index (χ1n) is 8.64. The molecule has 0 amide bonds. The summed E-state index contributed by atoms with van der Waals surface area (Å²) in [7, 11) is 1.75. The number of hydrogen-bond acceptors (Lipinski definition) is 4.